The molecule has 1 saturated heterocycles. The molecule has 0 bridgehead atoms. The van der Waals surface area contributed by atoms with Crippen molar-refractivity contribution in [1.29, 1.82) is 0 Å². The van der Waals surface area contributed by atoms with Crippen LogP contribution in [0.1, 0.15) is 45.1 Å². The summed E-state index contributed by atoms with van der Waals surface area (Å²) in [5, 5.41) is 2.94. The van der Waals surface area contributed by atoms with Crippen molar-refractivity contribution in [3.63, 3.8) is 0 Å². The first-order valence-corrected chi connectivity index (χ1v) is 8.66. The van der Waals surface area contributed by atoms with Crippen LogP contribution in [-0.4, -0.2) is 35.8 Å². The number of nitrogens with zero attached hydrogens (tertiary/aromatic N) is 1. The van der Waals surface area contributed by atoms with Gasteiger partial charge in [0, 0.05) is 32.0 Å². The van der Waals surface area contributed by atoms with Crippen LogP contribution in [-0.2, 0) is 16.0 Å². The minimum Gasteiger partial charge on any atom is -0.352 e. The van der Waals surface area contributed by atoms with E-state index in [4.69, 9.17) is 0 Å². The number of carbonyl (C=O) groups is 2. The summed E-state index contributed by atoms with van der Waals surface area (Å²) in [4.78, 5) is 25.7. The van der Waals surface area contributed by atoms with Crippen molar-refractivity contribution < 1.29 is 9.59 Å². The van der Waals surface area contributed by atoms with E-state index in [0.717, 1.165) is 38.6 Å². The minimum absolute atomic E-state index is 0.0137. The molecule has 1 aliphatic heterocycles. The number of aryl methyl sites for hydroxylation is 1. The Morgan fingerprint density at radius 3 is 2.74 bits per heavy atom. The molecule has 23 heavy (non-hydrogen) atoms. The maximum absolute atomic E-state index is 12.6. The maximum atomic E-state index is 12.6. The molecule has 0 aromatic heterocycles. The normalized spacial score (nSPS) is 19.2. The number of rotatable bonds is 6. The van der Waals surface area contributed by atoms with Crippen molar-refractivity contribution >= 4 is 11.8 Å². The first-order valence-electron chi connectivity index (χ1n) is 8.66. The minimum atomic E-state index is -0.0137. The molecular formula is C19H28N2O2. The average molecular weight is 316 g/mol. The first-order chi connectivity index (χ1) is 11.1. The fraction of sp³-hybridized carbons (Fsp3) is 0.579. The predicted octanol–water partition coefficient (Wildman–Crippen LogP) is 2.77. The number of likely N-dealkylation sites (tertiary alicyclic amines) is 1. The van der Waals surface area contributed by atoms with Crippen molar-refractivity contribution in [1.82, 2.24) is 10.2 Å². The highest BCUT2D eigenvalue weighted by atomic mass is 16.2. The van der Waals surface area contributed by atoms with E-state index in [9.17, 15) is 9.59 Å². The van der Waals surface area contributed by atoms with Gasteiger partial charge >= 0.3 is 0 Å². The summed E-state index contributed by atoms with van der Waals surface area (Å²) < 4.78 is 0. The Morgan fingerprint density at radius 1 is 1.30 bits per heavy atom. The molecule has 0 spiro atoms. The number of carbonyl (C=O) groups excluding carboxylic acids is 2. The van der Waals surface area contributed by atoms with E-state index in [0.29, 0.717) is 6.54 Å². The van der Waals surface area contributed by atoms with Crippen LogP contribution in [0.4, 0.5) is 0 Å². The van der Waals surface area contributed by atoms with Crippen LogP contribution < -0.4 is 5.32 Å². The predicted molar refractivity (Wildman–Crippen MR) is 92.0 cm³/mol. The molecule has 2 rings (SSSR count). The monoisotopic (exact) mass is 316 g/mol. The molecule has 1 aromatic rings. The second-order valence-corrected chi connectivity index (χ2v) is 6.60. The lowest BCUT2D eigenvalue weighted by molar-refractivity contribution is -0.137. The van der Waals surface area contributed by atoms with Gasteiger partial charge in [-0.3, -0.25) is 9.59 Å². The molecule has 0 unspecified atom stereocenters. The molecule has 1 aromatic carbocycles. The molecule has 0 aliphatic carbocycles. The van der Waals surface area contributed by atoms with Crippen molar-refractivity contribution in [3.05, 3.63) is 35.9 Å². The van der Waals surface area contributed by atoms with Crippen LogP contribution in [0, 0.1) is 5.92 Å². The molecule has 4 nitrogen and oxygen atoms in total. The van der Waals surface area contributed by atoms with Gasteiger partial charge in [-0.25, -0.2) is 0 Å². The van der Waals surface area contributed by atoms with Crippen LogP contribution in [0.2, 0.25) is 0 Å². The molecule has 2 atom stereocenters. The van der Waals surface area contributed by atoms with E-state index in [-0.39, 0.29) is 23.8 Å². The third kappa shape index (κ3) is 5.70. The van der Waals surface area contributed by atoms with E-state index in [1.807, 2.05) is 17.9 Å². The Bertz CT molecular complexity index is 515. The quantitative estimate of drug-likeness (QED) is 0.877. The average Bonchev–Trinajstić information content (AvgIpc) is 2.54. The van der Waals surface area contributed by atoms with Gasteiger partial charge in [-0.05, 0) is 37.7 Å². The van der Waals surface area contributed by atoms with Crippen LogP contribution in [0.3, 0.4) is 0 Å². The molecule has 1 heterocycles. The zero-order valence-electron chi connectivity index (χ0n) is 14.3. The summed E-state index contributed by atoms with van der Waals surface area (Å²) in [5.41, 5.74) is 1.33. The first kappa shape index (κ1) is 17.5. The number of amides is 2. The number of piperidine rings is 1. The summed E-state index contributed by atoms with van der Waals surface area (Å²) in [7, 11) is 0. The molecular weight excluding hydrogens is 288 g/mol. The number of benzene rings is 1. The van der Waals surface area contributed by atoms with Gasteiger partial charge in [-0.15, -0.1) is 0 Å². The number of hydrogen-bond acceptors (Lipinski definition) is 2. The van der Waals surface area contributed by atoms with E-state index in [1.54, 1.807) is 0 Å². The van der Waals surface area contributed by atoms with Crippen molar-refractivity contribution in [2.24, 2.45) is 5.92 Å². The van der Waals surface area contributed by atoms with Gasteiger partial charge in [0.05, 0.1) is 0 Å². The SMILES string of the molecule is CC(=O)N[C@@H]1CCCN(C(=O)[C@@H](C)CCCc2ccccc2)C1. The number of nitrogens with one attached hydrogen (secondary N) is 1. The lowest BCUT2D eigenvalue weighted by Crippen LogP contribution is -2.50. The summed E-state index contributed by atoms with van der Waals surface area (Å²) >= 11 is 0. The Balaban J connectivity index is 1.76. The molecule has 126 valence electrons. The standard InChI is InChI=1S/C19H28N2O2/c1-15(8-6-11-17-9-4-3-5-10-17)19(23)21-13-7-12-18(14-21)20-16(2)22/h3-5,9-10,15,18H,6-8,11-14H2,1-2H3,(H,20,22)/t15-,18+/m0/s1. The van der Waals surface area contributed by atoms with Crippen LogP contribution in [0.15, 0.2) is 30.3 Å². The maximum Gasteiger partial charge on any atom is 0.225 e. The van der Waals surface area contributed by atoms with Crippen LogP contribution in [0.5, 0.6) is 0 Å². The molecule has 2 amide bonds. The smallest absolute Gasteiger partial charge is 0.225 e. The van der Waals surface area contributed by atoms with E-state index >= 15 is 0 Å². The molecule has 0 saturated carbocycles. The zero-order valence-corrected chi connectivity index (χ0v) is 14.3. The third-order valence-corrected chi connectivity index (χ3v) is 4.51. The van der Waals surface area contributed by atoms with Crippen LogP contribution >= 0.6 is 0 Å². The van der Waals surface area contributed by atoms with Gasteiger partial charge in [0.15, 0.2) is 0 Å². The van der Waals surface area contributed by atoms with E-state index in [2.05, 4.69) is 29.6 Å². The van der Waals surface area contributed by atoms with Gasteiger partial charge in [0.25, 0.3) is 0 Å². The zero-order chi connectivity index (χ0) is 16.7. The van der Waals surface area contributed by atoms with Crippen LogP contribution in [0.25, 0.3) is 0 Å². The fourth-order valence-electron chi connectivity index (χ4n) is 3.27. The highest BCUT2D eigenvalue weighted by molar-refractivity contribution is 5.79. The fourth-order valence-corrected chi connectivity index (χ4v) is 3.27. The molecule has 1 fully saturated rings. The lowest BCUT2D eigenvalue weighted by Gasteiger charge is -2.34. The highest BCUT2D eigenvalue weighted by Gasteiger charge is 2.26. The largest absolute Gasteiger partial charge is 0.352 e. The lowest BCUT2D eigenvalue weighted by atomic mass is 9.98. The summed E-state index contributed by atoms with van der Waals surface area (Å²) in [6.07, 6.45) is 4.89. The Labute approximate surface area is 139 Å². The van der Waals surface area contributed by atoms with Gasteiger partial charge in [0.2, 0.25) is 11.8 Å². The topological polar surface area (TPSA) is 49.4 Å². The van der Waals surface area contributed by atoms with Gasteiger partial charge in [0.1, 0.15) is 0 Å². The van der Waals surface area contributed by atoms with Gasteiger partial charge in [-0.2, -0.15) is 0 Å². The molecule has 1 N–H and O–H groups in total. The Morgan fingerprint density at radius 2 is 2.04 bits per heavy atom. The molecule has 0 radical (unpaired) electrons. The Kier molecular flexibility index (Phi) is 6.63. The van der Waals surface area contributed by atoms with Crippen molar-refractivity contribution in [3.8, 4) is 0 Å². The van der Waals surface area contributed by atoms with E-state index in [1.165, 1.54) is 12.5 Å². The van der Waals surface area contributed by atoms with Crippen molar-refractivity contribution in [2.75, 3.05) is 13.1 Å². The van der Waals surface area contributed by atoms with Gasteiger partial charge in [-0.1, -0.05) is 37.3 Å². The highest BCUT2D eigenvalue weighted by Crippen LogP contribution is 2.17. The second kappa shape index (κ2) is 8.70. The summed E-state index contributed by atoms with van der Waals surface area (Å²) in [6, 6.07) is 10.5. The Hall–Kier alpha value is -1.84. The summed E-state index contributed by atoms with van der Waals surface area (Å²) in [5.74, 6) is 0.267. The third-order valence-electron chi connectivity index (χ3n) is 4.51. The van der Waals surface area contributed by atoms with Crippen molar-refractivity contribution in [2.45, 2.75) is 52.0 Å². The second-order valence-electron chi connectivity index (χ2n) is 6.60. The molecule has 1 aliphatic rings. The summed E-state index contributed by atoms with van der Waals surface area (Å²) in [6.45, 7) is 5.03. The molecule has 4 heteroatoms. The van der Waals surface area contributed by atoms with E-state index < -0.39 is 0 Å². The number of hydrogen-bond donors (Lipinski definition) is 1. The van der Waals surface area contributed by atoms with Gasteiger partial charge < -0.3 is 10.2 Å².